The number of carbonyl (C=O) groups is 2. The molecule has 1 aromatic heterocycles. The van der Waals surface area contributed by atoms with Crippen molar-refractivity contribution < 1.29 is 14.0 Å². The van der Waals surface area contributed by atoms with E-state index in [1.54, 1.807) is 24.3 Å². The summed E-state index contributed by atoms with van der Waals surface area (Å²) in [6.45, 7) is 0. The van der Waals surface area contributed by atoms with Crippen LogP contribution >= 0.6 is 11.6 Å². The second kappa shape index (κ2) is 8.49. The van der Waals surface area contributed by atoms with Gasteiger partial charge in [-0.15, -0.1) is 5.10 Å². The Morgan fingerprint density at radius 2 is 2.06 bits per heavy atom. The first-order valence-corrected chi connectivity index (χ1v) is 10.2. The number of aldehydes is 1. The lowest BCUT2D eigenvalue weighted by molar-refractivity contribution is -0.114. The summed E-state index contributed by atoms with van der Waals surface area (Å²) in [5.41, 5.74) is -1.34. The Kier molecular flexibility index (Phi) is 5.74. The van der Waals surface area contributed by atoms with Crippen LogP contribution in [-0.4, -0.2) is 38.4 Å². The normalized spacial score (nSPS) is 15.9. The van der Waals surface area contributed by atoms with E-state index >= 15 is 0 Å². The molecule has 1 amide bonds. The molecule has 8 nitrogen and oxygen atoms in total. The first-order valence-electron chi connectivity index (χ1n) is 9.78. The number of amides is 1. The fourth-order valence-corrected chi connectivity index (χ4v) is 3.55. The van der Waals surface area contributed by atoms with E-state index in [9.17, 15) is 19.2 Å². The third-order valence-corrected chi connectivity index (χ3v) is 5.35. The molecule has 0 unspecified atom stereocenters. The van der Waals surface area contributed by atoms with E-state index in [0.29, 0.717) is 35.4 Å². The van der Waals surface area contributed by atoms with Crippen molar-refractivity contribution >= 4 is 23.8 Å². The second-order valence-electron chi connectivity index (χ2n) is 7.66. The van der Waals surface area contributed by atoms with Gasteiger partial charge in [0.2, 0.25) is 0 Å². The van der Waals surface area contributed by atoms with Crippen molar-refractivity contribution in [1.29, 1.82) is 5.26 Å². The van der Waals surface area contributed by atoms with Crippen LogP contribution in [0.5, 0.6) is 0 Å². The first kappa shape index (κ1) is 21.6. The molecule has 3 aromatic rings. The molecular weight excluding hydrogens is 435 g/mol. The van der Waals surface area contributed by atoms with Crippen molar-refractivity contribution in [3.8, 4) is 11.8 Å². The highest BCUT2D eigenvalue weighted by molar-refractivity contribution is 6.30. The zero-order valence-corrected chi connectivity index (χ0v) is 17.5. The Morgan fingerprint density at radius 1 is 1.31 bits per heavy atom. The Labute approximate surface area is 188 Å². The number of hydrogen-bond donors (Lipinski definition) is 2. The average Bonchev–Trinajstić information content (AvgIpc) is 3.36. The summed E-state index contributed by atoms with van der Waals surface area (Å²) in [5.74, 6) is -1.07. The van der Waals surface area contributed by atoms with Gasteiger partial charge >= 0.3 is 0 Å². The van der Waals surface area contributed by atoms with Crippen molar-refractivity contribution in [2.75, 3.05) is 0 Å². The van der Waals surface area contributed by atoms with Gasteiger partial charge in [0.1, 0.15) is 11.4 Å². The van der Waals surface area contributed by atoms with E-state index in [-0.39, 0.29) is 12.1 Å². The van der Waals surface area contributed by atoms with Gasteiger partial charge in [-0.25, -0.2) is 4.39 Å². The van der Waals surface area contributed by atoms with Crippen molar-refractivity contribution in [2.45, 2.75) is 30.5 Å². The van der Waals surface area contributed by atoms with Crippen LogP contribution in [0.2, 0.25) is 5.02 Å². The molecule has 0 aliphatic heterocycles. The SMILES string of the molecule is N#CC1(N[C@@](C=O)(Cc2cccc(Cl)c2)NC(=O)c2cnn(-c3ccc(F)cc3)n2)CC1. The Bertz CT molecular complexity index is 1200. The van der Waals surface area contributed by atoms with E-state index in [1.165, 1.54) is 35.3 Å². The molecule has 2 N–H and O–H groups in total. The van der Waals surface area contributed by atoms with Crippen LogP contribution in [0.15, 0.2) is 54.7 Å². The van der Waals surface area contributed by atoms with Crippen molar-refractivity contribution in [3.05, 3.63) is 76.8 Å². The van der Waals surface area contributed by atoms with Crippen LogP contribution in [-0.2, 0) is 11.2 Å². The van der Waals surface area contributed by atoms with E-state index in [2.05, 4.69) is 26.9 Å². The fourth-order valence-electron chi connectivity index (χ4n) is 3.34. The minimum atomic E-state index is -1.56. The summed E-state index contributed by atoms with van der Waals surface area (Å²) >= 11 is 6.07. The molecule has 1 saturated carbocycles. The van der Waals surface area contributed by atoms with Crippen LogP contribution in [0.3, 0.4) is 0 Å². The number of carbonyl (C=O) groups excluding carboxylic acids is 2. The summed E-state index contributed by atoms with van der Waals surface area (Å²) in [7, 11) is 0. The molecule has 1 atom stereocenters. The maximum Gasteiger partial charge on any atom is 0.275 e. The number of halogens is 2. The number of nitriles is 1. The lowest BCUT2D eigenvalue weighted by Gasteiger charge is -2.32. The van der Waals surface area contributed by atoms with Crippen LogP contribution in [0, 0.1) is 17.1 Å². The third kappa shape index (κ3) is 4.66. The van der Waals surface area contributed by atoms with Gasteiger partial charge in [0.25, 0.3) is 5.91 Å². The number of aromatic nitrogens is 3. The van der Waals surface area contributed by atoms with Crippen molar-refractivity contribution in [3.63, 3.8) is 0 Å². The monoisotopic (exact) mass is 452 g/mol. The van der Waals surface area contributed by atoms with Gasteiger partial charge < -0.3 is 5.32 Å². The summed E-state index contributed by atoms with van der Waals surface area (Å²) < 4.78 is 13.1. The Morgan fingerprint density at radius 3 is 2.69 bits per heavy atom. The summed E-state index contributed by atoms with van der Waals surface area (Å²) in [6, 6.07) is 14.5. The molecule has 0 saturated heterocycles. The Balaban J connectivity index is 1.60. The van der Waals surface area contributed by atoms with E-state index < -0.39 is 22.9 Å². The van der Waals surface area contributed by atoms with Crippen LogP contribution in [0.25, 0.3) is 5.69 Å². The first-order chi connectivity index (χ1) is 15.4. The third-order valence-electron chi connectivity index (χ3n) is 5.12. The van der Waals surface area contributed by atoms with Gasteiger partial charge in [0.05, 0.1) is 18.0 Å². The van der Waals surface area contributed by atoms with Gasteiger partial charge in [0, 0.05) is 11.4 Å². The quantitative estimate of drug-likeness (QED) is 0.401. The molecule has 10 heteroatoms. The van der Waals surface area contributed by atoms with E-state index in [4.69, 9.17) is 11.6 Å². The largest absolute Gasteiger partial charge is 0.326 e. The smallest absolute Gasteiger partial charge is 0.275 e. The van der Waals surface area contributed by atoms with Gasteiger partial charge in [-0.3, -0.25) is 14.9 Å². The van der Waals surface area contributed by atoms with Gasteiger partial charge in [-0.2, -0.15) is 15.2 Å². The van der Waals surface area contributed by atoms with Crippen LogP contribution < -0.4 is 10.6 Å². The number of nitrogens with one attached hydrogen (secondary N) is 2. The highest BCUT2D eigenvalue weighted by atomic mass is 35.5. The molecule has 162 valence electrons. The molecule has 0 bridgehead atoms. The topological polar surface area (TPSA) is 113 Å². The molecule has 0 radical (unpaired) electrons. The van der Waals surface area contributed by atoms with E-state index in [0.717, 1.165) is 0 Å². The van der Waals surface area contributed by atoms with Gasteiger partial charge in [0.15, 0.2) is 17.6 Å². The standard InChI is InChI=1S/C22H18ClFN6O2/c23-16-3-1-2-15(10-16)11-22(14-31,29-21(13-25)8-9-21)27-20(32)19-12-26-30(28-19)18-6-4-17(24)5-7-18/h1-7,10,12,14,29H,8-9,11H2,(H,27,32)/t22-/m1/s1. The van der Waals surface area contributed by atoms with Crippen molar-refractivity contribution in [1.82, 2.24) is 25.6 Å². The van der Waals surface area contributed by atoms with Crippen LogP contribution in [0.4, 0.5) is 4.39 Å². The molecule has 0 spiro atoms. The predicted molar refractivity (Wildman–Crippen MR) is 113 cm³/mol. The highest BCUT2D eigenvalue weighted by Crippen LogP contribution is 2.36. The van der Waals surface area contributed by atoms with Gasteiger partial charge in [-0.1, -0.05) is 23.7 Å². The molecule has 1 aliphatic rings. The summed E-state index contributed by atoms with van der Waals surface area (Å²) in [5, 5.41) is 23.9. The summed E-state index contributed by atoms with van der Waals surface area (Å²) in [6.07, 6.45) is 3.01. The minimum Gasteiger partial charge on any atom is -0.326 e. The Hall–Kier alpha value is -3.61. The lowest BCUT2D eigenvalue weighted by Crippen LogP contribution is -2.65. The predicted octanol–water partition coefficient (Wildman–Crippen LogP) is 2.57. The molecule has 4 rings (SSSR count). The number of benzene rings is 2. The van der Waals surface area contributed by atoms with Crippen LogP contribution in [0.1, 0.15) is 28.9 Å². The average molecular weight is 453 g/mol. The number of nitrogens with zero attached hydrogens (tertiary/aromatic N) is 4. The zero-order valence-electron chi connectivity index (χ0n) is 16.8. The molecule has 1 aliphatic carbocycles. The van der Waals surface area contributed by atoms with E-state index in [1.807, 2.05) is 0 Å². The highest BCUT2D eigenvalue weighted by Gasteiger charge is 2.50. The molecule has 2 aromatic carbocycles. The summed E-state index contributed by atoms with van der Waals surface area (Å²) in [4.78, 5) is 26.4. The number of rotatable bonds is 8. The lowest BCUT2D eigenvalue weighted by atomic mass is 9.98. The second-order valence-corrected chi connectivity index (χ2v) is 8.10. The van der Waals surface area contributed by atoms with Crippen molar-refractivity contribution in [2.24, 2.45) is 0 Å². The van der Waals surface area contributed by atoms with Gasteiger partial charge in [-0.05, 0) is 54.8 Å². The maximum atomic E-state index is 13.1. The fraction of sp³-hybridized carbons (Fsp3) is 0.227. The minimum absolute atomic E-state index is 0.0461. The zero-order chi connectivity index (χ0) is 22.8. The number of hydrogen-bond acceptors (Lipinski definition) is 6. The molecule has 1 fully saturated rings. The maximum absolute atomic E-state index is 13.1. The molecule has 1 heterocycles. The molecule has 32 heavy (non-hydrogen) atoms. The molecular formula is C22H18ClFN6O2.